The van der Waals surface area contributed by atoms with Crippen molar-refractivity contribution in [1.29, 1.82) is 0 Å². The zero-order valence-corrected chi connectivity index (χ0v) is 12.6. The van der Waals surface area contributed by atoms with Crippen LogP contribution in [-0.4, -0.2) is 36.3 Å². The molecule has 4 N–H and O–H groups in total. The highest BCUT2D eigenvalue weighted by atomic mass is 16.3. The van der Waals surface area contributed by atoms with Crippen LogP contribution in [0.2, 0.25) is 0 Å². The average molecular weight is 282 g/mol. The average Bonchev–Trinajstić information content (AvgIpc) is 2.47. The maximum absolute atomic E-state index is 11.7. The molecule has 114 valence electrons. The molecule has 5 heteroatoms. The van der Waals surface area contributed by atoms with Crippen molar-refractivity contribution in [2.75, 3.05) is 20.1 Å². The summed E-state index contributed by atoms with van der Waals surface area (Å²) in [6.07, 6.45) is 3.08. The first-order valence-electron chi connectivity index (χ1n) is 7.10. The van der Waals surface area contributed by atoms with E-state index in [-0.39, 0.29) is 17.4 Å². The van der Waals surface area contributed by atoms with Gasteiger partial charge in [0.25, 0.3) is 5.91 Å². The zero-order chi connectivity index (χ0) is 15.4. The van der Waals surface area contributed by atoms with E-state index in [9.17, 15) is 9.90 Å². The molecule has 0 aliphatic heterocycles. The quantitative estimate of drug-likeness (QED) is 0.457. The fraction of sp³-hybridized carbons (Fsp3) is 0.533. The molecule has 0 spiro atoms. The largest absolute Gasteiger partial charge is 0.504 e. The van der Waals surface area contributed by atoms with E-state index in [0.29, 0.717) is 12.1 Å². The van der Waals surface area contributed by atoms with E-state index < -0.39 is 0 Å². The molecule has 0 heterocycles. The van der Waals surface area contributed by atoms with Crippen LogP contribution in [0.3, 0.4) is 0 Å². The smallest absolute Gasteiger partial charge is 0.251 e. The molecule has 1 amide bonds. The van der Waals surface area contributed by atoms with Gasteiger partial charge in [-0.1, -0.05) is 20.3 Å². The summed E-state index contributed by atoms with van der Waals surface area (Å²) in [6.45, 7) is 5.60. The highest BCUT2D eigenvalue weighted by molar-refractivity contribution is 5.94. The van der Waals surface area contributed by atoms with Crippen molar-refractivity contribution in [3.63, 3.8) is 0 Å². The van der Waals surface area contributed by atoms with E-state index in [1.807, 2.05) is 20.9 Å². The van der Waals surface area contributed by atoms with Gasteiger partial charge in [-0.2, -0.15) is 0 Å². The Morgan fingerprint density at radius 2 is 1.70 bits per heavy atom. The Bertz CT molecular complexity index is 395. The molecule has 0 aliphatic carbocycles. The molecule has 1 aromatic carbocycles. The summed E-state index contributed by atoms with van der Waals surface area (Å²) >= 11 is 0. The fourth-order valence-corrected chi connectivity index (χ4v) is 1.57. The molecule has 0 fully saturated rings. The van der Waals surface area contributed by atoms with E-state index in [1.54, 1.807) is 0 Å². The van der Waals surface area contributed by atoms with Crippen LogP contribution in [0.4, 0.5) is 0 Å². The second kappa shape index (κ2) is 11.1. The van der Waals surface area contributed by atoms with Crippen molar-refractivity contribution >= 4 is 5.91 Å². The SMILES string of the molecule is CC.CNCCCCCNC(=O)c1ccc(O)c(O)c1. The molecule has 0 bridgehead atoms. The number of carbonyl (C=O) groups is 1. The number of hydrogen-bond donors (Lipinski definition) is 4. The number of hydrogen-bond acceptors (Lipinski definition) is 4. The maximum Gasteiger partial charge on any atom is 0.251 e. The Balaban J connectivity index is 0.00000172. The molecule has 0 radical (unpaired) electrons. The van der Waals surface area contributed by atoms with Gasteiger partial charge < -0.3 is 20.8 Å². The van der Waals surface area contributed by atoms with Crippen LogP contribution in [0, 0.1) is 0 Å². The van der Waals surface area contributed by atoms with Crippen molar-refractivity contribution in [2.45, 2.75) is 33.1 Å². The van der Waals surface area contributed by atoms with Crippen molar-refractivity contribution in [2.24, 2.45) is 0 Å². The van der Waals surface area contributed by atoms with Gasteiger partial charge >= 0.3 is 0 Å². The topological polar surface area (TPSA) is 81.6 Å². The predicted octanol–water partition coefficient (Wildman–Crippen LogP) is 2.24. The second-order valence-corrected chi connectivity index (χ2v) is 4.12. The number of unbranched alkanes of at least 4 members (excludes halogenated alkanes) is 2. The van der Waals surface area contributed by atoms with Gasteiger partial charge in [0.2, 0.25) is 0 Å². The van der Waals surface area contributed by atoms with Gasteiger partial charge in [0, 0.05) is 12.1 Å². The summed E-state index contributed by atoms with van der Waals surface area (Å²) in [5, 5.41) is 24.3. The Morgan fingerprint density at radius 1 is 1.05 bits per heavy atom. The summed E-state index contributed by atoms with van der Waals surface area (Å²) < 4.78 is 0. The van der Waals surface area contributed by atoms with Crippen LogP contribution in [-0.2, 0) is 0 Å². The minimum atomic E-state index is -0.281. The summed E-state index contributed by atoms with van der Waals surface area (Å²) in [7, 11) is 1.92. The molecular formula is C15H26N2O3. The highest BCUT2D eigenvalue weighted by Gasteiger charge is 2.07. The van der Waals surface area contributed by atoms with Crippen LogP contribution < -0.4 is 10.6 Å². The third-order valence-corrected chi connectivity index (χ3v) is 2.63. The van der Waals surface area contributed by atoms with Crippen molar-refractivity contribution in [3.05, 3.63) is 23.8 Å². The van der Waals surface area contributed by atoms with Gasteiger partial charge in [0.05, 0.1) is 0 Å². The Kier molecular flexibility index (Phi) is 10.1. The molecule has 5 nitrogen and oxygen atoms in total. The molecule has 0 saturated carbocycles. The predicted molar refractivity (Wildman–Crippen MR) is 81.2 cm³/mol. The van der Waals surface area contributed by atoms with Crippen molar-refractivity contribution < 1.29 is 15.0 Å². The molecule has 0 aromatic heterocycles. The monoisotopic (exact) mass is 282 g/mol. The first-order valence-corrected chi connectivity index (χ1v) is 7.10. The lowest BCUT2D eigenvalue weighted by molar-refractivity contribution is 0.0952. The van der Waals surface area contributed by atoms with E-state index in [0.717, 1.165) is 25.8 Å². The van der Waals surface area contributed by atoms with Crippen LogP contribution >= 0.6 is 0 Å². The number of nitrogens with one attached hydrogen (secondary N) is 2. The van der Waals surface area contributed by atoms with Crippen LogP contribution in [0.15, 0.2) is 18.2 Å². The second-order valence-electron chi connectivity index (χ2n) is 4.12. The number of carbonyl (C=O) groups excluding carboxylic acids is 1. The Morgan fingerprint density at radius 3 is 2.30 bits per heavy atom. The Labute approximate surface area is 121 Å². The van der Waals surface area contributed by atoms with Gasteiger partial charge in [-0.3, -0.25) is 4.79 Å². The standard InChI is InChI=1S/C13H20N2O3.C2H6/c1-14-7-3-2-4-8-15-13(18)10-5-6-11(16)12(17)9-10;1-2/h5-6,9,14,16-17H,2-4,7-8H2,1H3,(H,15,18);1-2H3. The van der Waals surface area contributed by atoms with Gasteiger partial charge in [-0.25, -0.2) is 0 Å². The molecule has 1 aromatic rings. The molecule has 20 heavy (non-hydrogen) atoms. The third-order valence-electron chi connectivity index (χ3n) is 2.63. The summed E-state index contributed by atoms with van der Waals surface area (Å²) in [5.41, 5.74) is 0.348. The zero-order valence-electron chi connectivity index (χ0n) is 12.6. The summed E-state index contributed by atoms with van der Waals surface area (Å²) in [4.78, 5) is 11.7. The number of phenols is 2. The van der Waals surface area contributed by atoms with Gasteiger partial charge in [-0.15, -0.1) is 0 Å². The summed E-state index contributed by atoms with van der Waals surface area (Å²) in [6, 6.07) is 4.04. The first kappa shape index (κ1) is 18.2. The number of phenolic OH excluding ortho intramolecular Hbond substituents is 2. The molecule has 0 aliphatic rings. The lowest BCUT2D eigenvalue weighted by atomic mass is 10.2. The van der Waals surface area contributed by atoms with E-state index in [1.165, 1.54) is 18.2 Å². The number of amides is 1. The third kappa shape index (κ3) is 6.99. The highest BCUT2D eigenvalue weighted by Crippen LogP contribution is 2.24. The minimum Gasteiger partial charge on any atom is -0.504 e. The molecular weight excluding hydrogens is 256 g/mol. The van der Waals surface area contributed by atoms with Crippen LogP contribution in [0.25, 0.3) is 0 Å². The Hall–Kier alpha value is -1.75. The molecule has 0 atom stereocenters. The molecule has 0 saturated heterocycles. The maximum atomic E-state index is 11.7. The van der Waals surface area contributed by atoms with E-state index >= 15 is 0 Å². The van der Waals surface area contributed by atoms with Crippen LogP contribution in [0.1, 0.15) is 43.5 Å². The van der Waals surface area contributed by atoms with Gasteiger partial charge in [0.1, 0.15) is 0 Å². The molecule has 0 unspecified atom stereocenters. The van der Waals surface area contributed by atoms with Crippen molar-refractivity contribution in [3.8, 4) is 11.5 Å². The number of rotatable bonds is 7. The lowest BCUT2D eigenvalue weighted by Gasteiger charge is -2.06. The summed E-state index contributed by atoms with van der Waals surface area (Å²) in [5.74, 6) is -0.741. The number of aromatic hydroxyl groups is 2. The number of benzene rings is 1. The fourth-order valence-electron chi connectivity index (χ4n) is 1.57. The van der Waals surface area contributed by atoms with Gasteiger partial charge in [0.15, 0.2) is 11.5 Å². The van der Waals surface area contributed by atoms with E-state index in [4.69, 9.17) is 5.11 Å². The van der Waals surface area contributed by atoms with Crippen molar-refractivity contribution in [1.82, 2.24) is 10.6 Å². The first-order chi connectivity index (χ1) is 9.65. The normalized spacial score (nSPS) is 9.55. The molecule has 1 rings (SSSR count). The van der Waals surface area contributed by atoms with Crippen LogP contribution in [0.5, 0.6) is 11.5 Å². The van der Waals surface area contributed by atoms with E-state index in [2.05, 4.69) is 10.6 Å². The minimum absolute atomic E-state index is 0.224. The lowest BCUT2D eigenvalue weighted by Crippen LogP contribution is -2.24. The van der Waals surface area contributed by atoms with Gasteiger partial charge in [-0.05, 0) is 44.6 Å².